The summed E-state index contributed by atoms with van der Waals surface area (Å²) in [6, 6.07) is 0. The first-order valence-electron chi connectivity index (χ1n) is 7.62. The van der Waals surface area contributed by atoms with E-state index in [9.17, 15) is 4.79 Å². The predicted molar refractivity (Wildman–Crippen MR) is 73.0 cm³/mol. The lowest BCUT2D eigenvalue weighted by Crippen LogP contribution is -2.51. The van der Waals surface area contributed by atoms with Crippen molar-refractivity contribution in [3.8, 4) is 0 Å². The molecule has 0 radical (unpaired) electrons. The molecule has 0 heterocycles. The van der Waals surface area contributed by atoms with E-state index in [-0.39, 0.29) is 5.54 Å². The van der Waals surface area contributed by atoms with E-state index in [4.69, 9.17) is 0 Å². The van der Waals surface area contributed by atoms with Crippen LogP contribution in [0.2, 0.25) is 0 Å². The molecule has 3 fully saturated rings. The van der Waals surface area contributed by atoms with E-state index < -0.39 is 0 Å². The van der Waals surface area contributed by atoms with Crippen molar-refractivity contribution in [3.05, 3.63) is 0 Å². The lowest BCUT2D eigenvalue weighted by molar-refractivity contribution is -0.112. The second-order valence-electron chi connectivity index (χ2n) is 8.00. The molecule has 1 amide bonds. The van der Waals surface area contributed by atoms with Gasteiger partial charge in [-0.25, -0.2) is 0 Å². The predicted octanol–water partition coefficient (Wildman–Crippen LogP) is 3.22. The first-order chi connectivity index (χ1) is 8.40. The zero-order valence-corrected chi connectivity index (χ0v) is 12.2. The Morgan fingerprint density at radius 1 is 1.22 bits per heavy atom. The molecule has 2 unspecified atom stereocenters. The van der Waals surface area contributed by atoms with Crippen molar-refractivity contribution in [1.82, 2.24) is 5.32 Å². The molecule has 2 nitrogen and oxygen atoms in total. The van der Waals surface area contributed by atoms with Crippen LogP contribution >= 0.6 is 0 Å². The Bertz CT molecular complexity index is 366. The van der Waals surface area contributed by atoms with Crippen LogP contribution in [-0.2, 0) is 4.79 Å². The molecule has 3 aliphatic rings. The Balaban J connectivity index is 1.98. The van der Waals surface area contributed by atoms with Gasteiger partial charge in [-0.2, -0.15) is 0 Å². The molecule has 102 valence electrons. The standard InChI is InChI=1S/C16H27NO/c1-10(2)13-6-14-15(3)7-11(13)5-12(8-15)16(14,4)17-9-18/h9-14H,5-8H2,1-4H3,(H,17,18)/t11-,12?,13+,14+,15+,16?/m1/s1. The van der Waals surface area contributed by atoms with Gasteiger partial charge >= 0.3 is 0 Å². The van der Waals surface area contributed by atoms with Gasteiger partial charge in [-0.3, -0.25) is 4.79 Å². The molecule has 18 heavy (non-hydrogen) atoms. The summed E-state index contributed by atoms with van der Waals surface area (Å²) in [7, 11) is 0. The Hall–Kier alpha value is -0.530. The zero-order valence-electron chi connectivity index (χ0n) is 12.2. The Labute approximate surface area is 111 Å². The Morgan fingerprint density at radius 3 is 2.56 bits per heavy atom. The maximum atomic E-state index is 11.0. The first kappa shape index (κ1) is 12.5. The summed E-state index contributed by atoms with van der Waals surface area (Å²) in [5.41, 5.74) is 0.554. The highest BCUT2D eigenvalue weighted by Gasteiger charge is 2.64. The fourth-order valence-corrected chi connectivity index (χ4v) is 6.01. The smallest absolute Gasteiger partial charge is 0.207 e. The monoisotopic (exact) mass is 249 g/mol. The molecular formula is C16H27NO. The van der Waals surface area contributed by atoms with E-state index in [1.165, 1.54) is 25.7 Å². The minimum atomic E-state index is 0.0644. The molecule has 0 spiro atoms. The van der Waals surface area contributed by atoms with Crippen LogP contribution in [0.4, 0.5) is 0 Å². The van der Waals surface area contributed by atoms with Gasteiger partial charge in [0.1, 0.15) is 0 Å². The number of carbonyl (C=O) groups excluding carboxylic acids is 1. The first-order valence-corrected chi connectivity index (χ1v) is 7.62. The van der Waals surface area contributed by atoms with Crippen molar-refractivity contribution in [2.75, 3.05) is 0 Å². The van der Waals surface area contributed by atoms with Gasteiger partial charge in [0, 0.05) is 5.54 Å². The van der Waals surface area contributed by atoms with Crippen LogP contribution < -0.4 is 5.32 Å². The molecule has 0 aromatic heterocycles. The highest BCUT2D eigenvalue weighted by molar-refractivity contribution is 5.49. The fourth-order valence-electron chi connectivity index (χ4n) is 6.01. The highest BCUT2D eigenvalue weighted by Crippen LogP contribution is 2.68. The second-order valence-corrected chi connectivity index (χ2v) is 8.00. The quantitative estimate of drug-likeness (QED) is 0.765. The molecule has 3 bridgehead atoms. The molecule has 0 saturated heterocycles. The average molecular weight is 249 g/mol. The minimum Gasteiger partial charge on any atom is -0.353 e. The van der Waals surface area contributed by atoms with Crippen molar-refractivity contribution in [2.45, 2.75) is 58.9 Å². The highest BCUT2D eigenvalue weighted by atomic mass is 16.1. The van der Waals surface area contributed by atoms with Crippen LogP contribution in [0.25, 0.3) is 0 Å². The van der Waals surface area contributed by atoms with Gasteiger partial charge in [0.05, 0.1) is 0 Å². The van der Waals surface area contributed by atoms with E-state index in [1.54, 1.807) is 0 Å². The number of rotatable bonds is 3. The molecule has 3 rings (SSSR count). The van der Waals surface area contributed by atoms with E-state index in [1.807, 2.05) is 0 Å². The van der Waals surface area contributed by atoms with Crippen LogP contribution in [0.3, 0.4) is 0 Å². The maximum Gasteiger partial charge on any atom is 0.207 e. The molecule has 1 N–H and O–H groups in total. The number of nitrogens with one attached hydrogen (secondary N) is 1. The summed E-state index contributed by atoms with van der Waals surface area (Å²) in [4.78, 5) is 11.0. The SMILES string of the molecule is CC(C)[C@@H]1C[C@@H]2C(C)(NC=O)C3C[C@@H]1C[C@@]2(C)C3. The Kier molecular flexibility index (Phi) is 2.60. The summed E-state index contributed by atoms with van der Waals surface area (Å²) < 4.78 is 0. The van der Waals surface area contributed by atoms with Crippen molar-refractivity contribution in [2.24, 2.45) is 35.0 Å². The molecule has 0 aliphatic heterocycles. The van der Waals surface area contributed by atoms with Crippen LogP contribution in [0.1, 0.15) is 53.4 Å². The third-order valence-corrected chi connectivity index (χ3v) is 6.78. The third-order valence-electron chi connectivity index (χ3n) is 6.78. The maximum absolute atomic E-state index is 11.0. The van der Waals surface area contributed by atoms with Gasteiger partial charge in [-0.1, -0.05) is 20.8 Å². The van der Waals surface area contributed by atoms with Crippen molar-refractivity contribution < 1.29 is 4.79 Å². The molecular weight excluding hydrogens is 222 g/mol. The van der Waals surface area contributed by atoms with Gasteiger partial charge in [-0.05, 0) is 67.6 Å². The number of carbonyl (C=O) groups is 1. The molecule has 6 atom stereocenters. The lowest BCUT2D eigenvalue weighted by atomic mass is 9.56. The summed E-state index contributed by atoms with van der Waals surface area (Å²) >= 11 is 0. The normalized spacial score (nSPS) is 53.8. The summed E-state index contributed by atoms with van der Waals surface area (Å²) in [6.45, 7) is 9.55. The number of fused-ring (bicyclic) bond motifs is 2. The van der Waals surface area contributed by atoms with Gasteiger partial charge in [0.2, 0.25) is 6.41 Å². The average Bonchev–Trinajstić information content (AvgIpc) is 2.36. The molecule has 3 aliphatic carbocycles. The molecule has 3 saturated carbocycles. The van der Waals surface area contributed by atoms with Gasteiger partial charge in [0.15, 0.2) is 0 Å². The molecule has 0 aromatic rings. The van der Waals surface area contributed by atoms with Crippen molar-refractivity contribution in [1.29, 1.82) is 0 Å². The van der Waals surface area contributed by atoms with Crippen molar-refractivity contribution >= 4 is 6.41 Å². The number of hydrogen-bond acceptors (Lipinski definition) is 1. The van der Waals surface area contributed by atoms with Gasteiger partial charge in [0.25, 0.3) is 0 Å². The van der Waals surface area contributed by atoms with Crippen molar-refractivity contribution in [3.63, 3.8) is 0 Å². The Morgan fingerprint density at radius 2 is 1.94 bits per heavy atom. The fraction of sp³-hybridized carbons (Fsp3) is 0.938. The lowest BCUT2D eigenvalue weighted by Gasteiger charge is -2.49. The molecule has 2 heteroatoms. The topological polar surface area (TPSA) is 29.1 Å². The summed E-state index contributed by atoms with van der Waals surface area (Å²) in [5, 5.41) is 3.22. The van der Waals surface area contributed by atoms with E-state index >= 15 is 0 Å². The van der Waals surface area contributed by atoms with E-state index in [0.29, 0.717) is 17.3 Å². The van der Waals surface area contributed by atoms with Gasteiger partial charge < -0.3 is 5.32 Å². The van der Waals surface area contributed by atoms with Crippen LogP contribution in [-0.4, -0.2) is 11.9 Å². The number of amides is 1. The van der Waals surface area contributed by atoms with Crippen LogP contribution in [0.5, 0.6) is 0 Å². The van der Waals surface area contributed by atoms with Gasteiger partial charge in [-0.15, -0.1) is 0 Å². The summed E-state index contributed by atoms with van der Waals surface area (Å²) in [6.07, 6.45) is 6.34. The second kappa shape index (κ2) is 3.74. The van der Waals surface area contributed by atoms with Crippen LogP contribution in [0.15, 0.2) is 0 Å². The zero-order chi connectivity index (χ0) is 13.1. The largest absolute Gasteiger partial charge is 0.353 e. The third kappa shape index (κ3) is 1.44. The minimum absolute atomic E-state index is 0.0644. The van der Waals surface area contributed by atoms with E-state index in [2.05, 4.69) is 33.0 Å². The number of hydrogen-bond donors (Lipinski definition) is 1. The summed E-state index contributed by atoms with van der Waals surface area (Å²) in [5.74, 6) is 3.97. The molecule has 0 aromatic carbocycles. The van der Waals surface area contributed by atoms with Crippen LogP contribution in [0, 0.1) is 35.0 Å². The van der Waals surface area contributed by atoms with E-state index in [0.717, 1.165) is 24.2 Å².